The number of rotatable bonds is 1. The van der Waals surface area contributed by atoms with E-state index in [2.05, 4.69) is 0 Å². The number of amides is 2. The molecule has 1 fully saturated rings. The molecule has 0 spiro atoms. The first kappa shape index (κ1) is 15.8. The number of carbonyl (C=O) groups excluding carboxylic acids is 2. The van der Waals surface area contributed by atoms with Crippen molar-refractivity contribution in [2.45, 2.75) is 71.0 Å². The summed E-state index contributed by atoms with van der Waals surface area (Å²) in [5.41, 5.74) is -2.38. The predicted octanol–water partition coefficient (Wildman–Crippen LogP) is 3.21. The third kappa shape index (κ3) is 3.37. The molecule has 1 saturated heterocycles. The third-order valence-corrected chi connectivity index (χ3v) is 2.97. The van der Waals surface area contributed by atoms with Crippen LogP contribution in [0.25, 0.3) is 0 Å². The minimum atomic E-state index is -0.968. The Balaban J connectivity index is 2.20. The molecular formula is C15H23NO5. The van der Waals surface area contributed by atoms with Gasteiger partial charge in [-0.25, -0.2) is 9.59 Å². The molecule has 6 heteroatoms. The molecule has 1 aliphatic carbocycles. The zero-order valence-corrected chi connectivity index (χ0v) is 13.4. The van der Waals surface area contributed by atoms with Gasteiger partial charge in [0.2, 0.25) is 0 Å². The van der Waals surface area contributed by atoms with Crippen molar-refractivity contribution >= 4 is 12.2 Å². The van der Waals surface area contributed by atoms with Crippen LogP contribution >= 0.6 is 0 Å². The van der Waals surface area contributed by atoms with Crippen molar-refractivity contribution in [2.24, 2.45) is 0 Å². The number of hydrogen-bond acceptors (Lipinski definition) is 5. The van der Waals surface area contributed by atoms with Crippen molar-refractivity contribution in [1.82, 2.24) is 4.90 Å². The standard InChI is InChI=1S/C15H23NO5/c1-13(2,3)20-11(17)16(12(18)21-14(4,5)6)15-9-7-8-10(15)19-15/h7-8,10H,9H2,1-6H3. The highest BCUT2D eigenvalue weighted by atomic mass is 16.7. The molecule has 2 atom stereocenters. The van der Waals surface area contributed by atoms with E-state index in [0.717, 1.165) is 4.90 Å². The van der Waals surface area contributed by atoms with Crippen molar-refractivity contribution in [3.05, 3.63) is 12.2 Å². The van der Waals surface area contributed by atoms with Crippen LogP contribution in [0.5, 0.6) is 0 Å². The van der Waals surface area contributed by atoms with E-state index in [-0.39, 0.29) is 6.10 Å². The van der Waals surface area contributed by atoms with Gasteiger partial charge in [0.1, 0.15) is 17.3 Å². The molecule has 2 unspecified atom stereocenters. The predicted molar refractivity (Wildman–Crippen MR) is 75.7 cm³/mol. The molecule has 2 aliphatic rings. The highest BCUT2D eigenvalue weighted by Gasteiger charge is 2.66. The molecule has 6 nitrogen and oxygen atoms in total. The zero-order chi connectivity index (χ0) is 16.1. The number of hydrogen-bond donors (Lipinski definition) is 0. The molecule has 1 aliphatic heterocycles. The van der Waals surface area contributed by atoms with Crippen LogP contribution in [0.1, 0.15) is 48.0 Å². The van der Waals surface area contributed by atoms with Gasteiger partial charge < -0.3 is 14.2 Å². The fourth-order valence-corrected chi connectivity index (χ4v) is 2.17. The summed E-state index contributed by atoms with van der Waals surface area (Å²) in [5, 5.41) is 0. The van der Waals surface area contributed by atoms with Crippen LogP contribution in [0, 0.1) is 0 Å². The van der Waals surface area contributed by atoms with Crippen molar-refractivity contribution in [3.63, 3.8) is 0 Å². The molecule has 21 heavy (non-hydrogen) atoms. The monoisotopic (exact) mass is 297 g/mol. The largest absolute Gasteiger partial charge is 0.443 e. The smallest absolute Gasteiger partial charge is 0.422 e. The summed E-state index contributed by atoms with van der Waals surface area (Å²) in [6.07, 6.45) is 2.41. The Labute approximate surface area is 125 Å². The van der Waals surface area contributed by atoms with E-state index in [0.29, 0.717) is 6.42 Å². The Morgan fingerprint density at radius 2 is 1.57 bits per heavy atom. The van der Waals surface area contributed by atoms with Gasteiger partial charge >= 0.3 is 12.2 Å². The van der Waals surface area contributed by atoms with Gasteiger partial charge in [-0.2, -0.15) is 4.90 Å². The Morgan fingerprint density at radius 1 is 1.10 bits per heavy atom. The topological polar surface area (TPSA) is 68.4 Å². The number of carbonyl (C=O) groups is 2. The normalized spacial score (nSPS) is 27.0. The fraction of sp³-hybridized carbons (Fsp3) is 0.733. The zero-order valence-electron chi connectivity index (χ0n) is 13.4. The minimum Gasteiger partial charge on any atom is -0.443 e. The summed E-state index contributed by atoms with van der Waals surface area (Å²) in [5.74, 6) is 0. The van der Waals surface area contributed by atoms with E-state index in [4.69, 9.17) is 14.2 Å². The maximum atomic E-state index is 12.4. The molecule has 0 saturated carbocycles. The summed E-state index contributed by atoms with van der Waals surface area (Å²) in [6.45, 7) is 10.5. The summed E-state index contributed by atoms with van der Waals surface area (Å²) in [6, 6.07) is 0. The second-order valence-electron chi connectivity index (χ2n) is 7.31. The van der Waals surface area contributed by atoms with Gasteiger partial charge in [0.15, 0.2) is 5.72 Å². The van der Waals surface area contributed by atoms with Gasteiger partial charge in [-0.3, -0.25) is 0 Å². The van der Waals surface area contributed by atoms with Crippen LogP contribution in [0.3, 0.4) is 0 Å². The van der Waals surface area contributed by atoms with Crippen LogP contribution < -0.4 is 0 Å². The van der Waals surface area contributed by atoms with E-state index in [1.54, 1.807) is 41.5 Å². The summed E-state index contributed by atoms with van der Waals surface area (Å²) >= 11 is 0. The lowest BCUT2D eigenvalue weighted by atomic mass is 10.2. The fourth-order valence-electron chi connectivity index (χ4n) is 2.17. The molecule has 118 valence electrons. The second-order valence-corrected chi connectivity index (χ2v) is 7.31. The van der Waals surface area contributed by atoms with Crippen LogP contribution in [-0.4, -0.2) is 40.1 Å². The second kappa shape index (κ2) is 4.73. The first-order valence-corrected chi connectivity index (χ1v) is 7.05. The van der Waals surface area contributed by atoms with Crippen molar-refractivity contribution < 1.29 is 23.8 Å². The summed E-state index contributed by atoms with van der Waals surface area (Å²) in [4.78, 5) is 25.8. The van der Waals surface area contributed by atoms with Crippen LogP contribution in [0.2, 0.25) is 0 Å². The number of fused-ring (bicyclic) bond motifs is 1. The van der Waals surface area contributed by atoms with Gasteiger partial charge in [-0.15, -0.1) is 0 Å². The molecule has 0 aromatic heterocycles. The van der Waals surface area contributed by atoms with Gasteiger partial charge in [-0.1, -0.05) is 12.2 Å². The highest BCUT2D eigenvalue weighted by molar-refractivity contribution is 5.90. The molecule has 1 heterocycles. The minimum absolute atomic E-state index is 0.266. The first-order chi connectivity index (χ1) is 9.45. The quantitative estimate of drug-likeness (QED) is 0.549. The molecule has 2 amide bonds. The average Bonchev–Trinajstić information content (AvgIpc) is 2.74. The first-order valence-electron chi connectivity index (χ1n) is 7.05. The van der Waals surface area contributed by atoms with Crippen molar-refractivity contribution in [1.29, 1.82) is 0 Å². The van der Waals surface area contributed by atoms with E-state index < -0.39 is 29.1 Å². The molecule has 0 bridgehead atoms. The Bertz CT molecular complexity index is 457. The van der Waals surface area contributed by atoms with E-state index in [9.17, 15) is 9.59 Å². The molecule has 0 N–H and O–H groups in total. The lowest BCUT2D eigenvalue weighted by Crippen LogP contribution is -2.51. The third-order valence-electron chi connectivity index (χ3n) is 2.97. The number of ether oxygens (including phenoxy) is 3. The Morgan fingerprint density at radius 3 is 1.86 bits per heavy atom. The maximum absolute atomic E-state index is 12.4. The van der Waals surface area contributed by atoms with Crippen molar-refractivity contribution in [2.75, 3.05) is 0 Å². The highest BCUT2D eigenvalue weighted by Crippen LogP contribution is 2.49. The van der Waals surface area contributed by atoms with Crippen molar-refractivity contribution in [3.8, 4) is 0 Å². The van der Waals surface area contributed by atoms with Crippen LogP contribution in [-0.2, 0) is 14.2 Å². The van der Waals surface area contributed by atoms with Crippen LogP contribution in [0.4, 0.5) is 9.59 Å². The Kier molecular flexibility index (Phi) is 3.56. The summed E-state index contributed by atoms with van der Waals surface area (Å²) < 4.78 is 16.1. The van der Waals surface area contributed by atoms with Gasteiger partial charge in [0, 0.05) is 6.42 Å². The van der Waals surface area contributed by atoms with Crippen LogP contribution in [0.15, 0.2) is 12.2 Å². The van der Waals surface area contributed by atoms with E-state index >= 15 is 0 Å². The lowest BCUT2D eigenvalue weighted by Gasteiger charge is -2.31. The number of imide groups is 1. The van der Waals surface area contributed by atoms with Gasteiger partial charge in [0.25, 0.3) is 0 Å². The Hall–Kier alpha value is -1.56. The number of nitrogens with zero attached hydrogens (tertiary/aromatic N) is 1. The number of epoxide rings is 1. The van der Waals surface area contributed by atoms with E-state index in [1.807, 2.05) is 12.2 Å². The molecule has 2 rings (SSSR count). The van der Waals surface area contributed by atoms with Gasteiger partial charge in [0.05, 0.1) is 0 Å². The van der Waals surface area contributed by atoms with E-state index in [1.165, 1.54) is 0 Å². The molecular weight excluding hydrogens is 274 g/mol. The summed E-state index contributed by atoms with van der Waals surface area (Å²) in [7, 11) is 0. The molecule has 0 radical (unpaired) electrons. The van der Waals surface area contributed by atoms with Gasteiger partial charge in [-0.05, 0) is 41.5 Å². The lowest BCUT2D eigenvalue weighted by molar-refractivity contribution is -0.0238. The molecule has 0 aromatic carbocycles. The molecule has 0 aromatic rings. The maximum Gasteiger partial charge on any atom is 0.422 e. The SMILES string of the molecule is CC(C)(C)OC(=O)N(C(=O)OC(C)(C)C)C12CC=CC1O2. The average molecular weight is 297 g/mol.